The van der Waals surface area contributed by atoms with E-state index in [1.54, 1.807) is 18.2 Å². The maximum Gasteiger partial charge on any atom is 0.387 e. The van der Waals surface area contributed by atoms with Gasteiger partial charge in [-0.2, -0.15) is 8.78 Å². The van der Waals surface area contributed by atoms with Crippen molar-refractivity contribution in [1.82, 2.24) is 10.6 Å². The Morgan fingerprint density at radius 3 is 2.95 bits per heavy atom. The SMILES string of the molecule is O=C(NCc1ccccc1OC(F)F)C1CCCNC1. The average Bonchev–Trinajstić information content (AvgIpc) is 2.46. The number of alkyl halides is 2. The van der Waals surface area contributed by atoms with Gasteiger partial charge in [0.05, 0.1) is 5.92 Å². The van der Waals surface area contributed by atoms with Crippen molar-refractivity contribution in [3.05, 3.63) is 29.8 Å². The summed E-state index contributed by atoms with van der Waals surface area (Å²) in [6.07, 6.45) is 1.83. The van der Waals surface area contributed by atoms with Crippen molar-refractivity contribution in [1.29, 1.82) is 0 Å². The number of nitrogens with one attached hydrogen (secondary N) is 2. The number of piperidine rings is 1. The molecular weight excluding hydrogens is 266 g/mol. The Morgan fingerprint density at radius 2 is 2.25 bits per heavy atom. The van der Waals surface area contributed by atoms with E-state index < -0.39 is 6.61 Å². The Morgan fingerprint density at radius 1 is 1.45 bits per heavy atom. The molecule has 1 aliphatic heterocycles. The number of rotatable bonds is 5. The molecular formula is C14H18F2N2O2. The molecule has 1 fully saturated rings. The first kappa shape index (κ1) is 14.7. The van der Waals surface area contributed by atoms with Gasteiger partial charge in [0.1, 0.15) is 5.75 Å². The molecule has 1 atom stereocenters. The summed E-state index contributed by atoms with van der Waals surface area (Å²) < 4.78 is 29.0. The number of halogens is 2. The number of carbonyl (C=O) groups is 1. The van der Waals surface area contributed by atoms with Crippen LogP contribution in [0, 0.1) is 5.92 Å². The lowest BCUT2D eigenvalue weighted by atomic mass is 9.99. The van der Waals surface area contributed by atoms with Crippen molar-refractivity contribution in [3.8, 4) is 5.75 Å². The molecule has 1 amide bonds. The van der Waals surface area contributed by atoms with Crippen LogP contribution in [0.15, 0.2) is 24.3 Å². The van der Waals surface area contributed by atoms with Gasteiger partial charge in [0.2, 0.25) is 5.91 Å². The third-order valence-electron chi connectivity index (χ3n) is 3.31. The van der Waals surface area contributed by atoms with E-state index in [4.69, 9.17) is 0 Å². The molecule has 0 aromatic heterocycles. The standard InChI is InChI=1S/C14H18F2N2O2/c15-14(16)20-12-6-2-1-4-10(12)9-18-13(19)11-5-3-7-17-8-11/h1-2,4,6,11,14,17H,3,5,7-9H2,(H,18,19). The summed E-state index contributed by atoms with van der Waals surface area (Å²) in [4.78, 5) is 12.0. The Hall–Kier alpha value is -1.69. The summed E-state index contributed by atoms with van der Waals surface area (Å²) in [7, 11) is 0. The first-order chi connectivity index (χ1) is 9.66. The van der Waals surface area contributed by atoms with Crippen molar-refractivity contribution >= 4 is 5.91 Å². The largest absolute Gasteiger partial charge is 0.434 e. The summed E-state index contributed by atoms with van der Waals surface area (Å²) in [5.41, 5.74) is 0.546. The topological polar surface area (TPSA) is 50.4 Å². The number of amides is 1. The molecule has 20 heavy (non-hydrogen) atoms. The molecule has 1 saturated heterocycles. The van der Waals surface area contributed by atoms with E-state index in [1.807, 2.05) is 0 Å². The summed E-state index contributed by atoms with van der Waals surface area (Å²) in [6, 6.07) is 6.48. The zero-order valence-corrected chi connectivity index (χ0v) is 11.1. The van der Waals surface area contributed by atoms with E-state index in [2.05, 4.69) is 15.4 Å². The van der Waals surface area contributed by atoms with Crippen LogP contribution < -0.4 is 15.4 Å². The summed E-state index contributed by atoms with van der Waals surface area (Å²) in [5, 5.41) is 5.95. The highest BCUT2D eigenvalue weighted by atomic mass is 19.3. The molecule has 1 heterocycles. The molecule has 0 aliphatic carbocycles. The lowest BCUT2D eigenvalue weighted by molar-refractivity contribution is -0.125. The fraction of sp³-hybridized carbons (Fsp3) is 0.500. The molecule has 4 nitrogen and oxygen atoms in total. The fourth-order valence-corrected chi connectivity index (χ4v) is 2.26. The molecule has 2 rings (SSSR count). The number of benzene rings is 1. The van der Waals surface area contributed by atoms with Crippen LogP contribution in [0.4, 0.5) is 8.78 Å². The molecule has 0 spiro atoms. The van der Waals surface area contributed by atoms with Gasteiger partial charge in [-0.3, -0.25) is 4.79 Å². The number of ether oxygens (including phenoxy) is 1. The van der Waals surface area contributed by atoms with Gasteiger partial charge in [-0.15, -0.1) is 0 Å². The lowest BCUT2D eigenvalue weighted by Gasteiger charge is -2.22. The van der Waals surface area contributed by atoms with Crippen molar-refractivity contribution in [3.63, 3.8) is 0 Å². The minimum Gasteiger partial charge on any atom is -0.434 e. The van der Waals surface area contributed by atoms with Crippen LogP contribution >= 0.6 is 0 Å². The third kappa shape index (κ3) is 4.16. The van der Waals surface area contributed by atoms with E-state index in [9.17, 15) is 13.6 Å². The van der Waals surface area contributed by atoms with Crippen LogP contribution in [0.2, 0.25) is 0 Å². The third-order valence-corrected chi connectivity index (χ3v) is 3.31. The average molecular weight is 284 g/mol. The second-order valence-corrected chi connectivity index (χ2v) is 4.75. The predicted octanol–water partition coefficient (Wildman–Crippen LogP) is 1.90. The highest BCUT2D eigenvalue weighted by Crippen LogP contribution is 2.20. The minimum atomic E-state index is -2.87. The van der Waals surface area contributed by atoms with Crippen LogP contribution in [0.3, 0.4) is 0 Å². The monoisotopic (exact) mass is 284 g/mol. The predicted molar refractivity (Wildman–Crippen MR) is 70.5 cm³/mol. The maximum absolute atomic E-state index is 12.3. The van der Waals surface area contributed by atoms with Crippen molar-refractivity contribution < 1.29 is 18.3 Å². The molecule has 1 unspecified atom stereocenters. The molecule has 1 aromatic rings. The molecule has 1 aromatic carbocycles. The Balaban J connectivity index is 1.91. The van der Waals surface area contributed by atoms with Crippen LogP contribution in [0.5, 0.6) is 5.75 Å². The number of carbonyl (C=O) groups excluding carboxylic acids is 1. The quantitative estimate of drug-likeness (QED) is 0.868. The summed E-state index contributed by atoms with van der Waals surface area (Å²) in [6.45, 7) is -1.07. The van der Waals surface area contributed by atoms with Gasteiger partial charge in [-0.25, -0.2) is 0 Å². The van der Waals surface area contributed by atoms with Gasteiger partial charge >= 0.3 is 6.61 Å². The molecule has 0 radical (unpaired) electrons. The maximum atomic E-state index is 12.3. The smallest absolute Gasteiger partial charge is 0.387 e. The second-order valence-electron chi connectivity index (χ2n) is 4.75. The van der Waals surface area contributed by atoms with Crippen LogP contribution in [-0.4, -0.2) is 25.6 Å². The summed E-state index contributed by atoms with van der Waals surface area (Å²) in [5.74, 6) is 0.000508. The van der Waals surface area contributed by atoms with Gasteiger partial charge in [0.25, 0.3) is 0 Å². The van der Waals surface area contributed by atoms with Crippen LogP contribution in [0.1, 0.15) is 18.4 Å². The normalized spacial score (nSPS) is 18.9. The van der Waals surface area contributed by atoms with E-state index in [1.165, 1.54) is 6.07 Å². The van der Waals surface area contributed by atoms with Gasteiger partial charge in [0, 0.05) is 18.7 Å². The lowest BCUT2D eigenvalue weighted by Crippen LogP contribution is -2.40. The highest BCUT2D eigenvalue weighted by molar-refractivity contribution is 5.79. The van der Waals surface area contributed by atoms with Crippen molar-refractivity contribution in [2.75, 3.05) is 13.1 Å². The molecule has 1 aliphatic rings. The highest BCUT2D eigenvalue weighted by Gasteiger charge is 2.20. The van der Waals surface area contributed by atoms with E-state index in [0.29, 0.717) is 12.1 Å². The Bertz CT molecular complexity index is 449. The molecule has 0 saturated carbocycles. The number of hydrogen-bond acceptors (Lipinski definition) is 3. The second kappa shape index (κ2) is 7.19. The number of para-hydroxylation sites is 1. The van der Waals surface area contributed by atoms with Gasteiger partial charge < -0.3 is 15.4 Å². The zero-order valence-electron chi connectivity index (χ0n) is 11.1. The van der Waals surface area contributed by atoms with Gasteiger partial charge in [0.15, 0.2) is 0 Å². The van der Waals surface area contributed by atoms with E-state index in [-0.39, 0.29) is 24.1 Å². The summed E-state index contributed by atoms with van der Waals surface area (Å²) >= 11 is 0. The van der Waals surface area contributed by atoms with E-state index >= 15 is 0 Å². The first-order valence-electron chi connectivity index (χ1n) is 6.68. The van der Waals surface area contributed by atoms with Crippen LogP contribution in [-0.2, 0) is 11.3 Å². The Kier molecular flexibility index (Phi) is 5.29. The molecule has 6 heteroatoms. The van der Waals surface area contributed by atoms with Crippen LogP contribution in [0.25, 0.3) is 0 Å². The number of hydrogen-bond donors (Lipinski definition) is 2. The Labute approximate surface area is 116 Å². The van der Waals surface area contributed by atoms with Crippen molar-refractivity contribution in [2.45, 2.75) is 26.0 Å². The molecule has 0 bridgehead atoms. The van der Waals surface area contributed by atoms with Gasteiger partial charge in [-0.1, -0.05) is 18.2 Å². The minimum absolute atomic E-state index is 0.0491. The van der Waals surface area contributed by atoms with E-state index in [0.717, 1.165) is 19.4 Å². The van der Waals surface area contributed by atoms with Gasteiger partial charge in [-0.05, 0) is 25.5 Å². The fourth-order valence-electron chi connectivity index (χ4n) is 2.26. The zero-order chi connectivity index (χ0) is 14.4. The molecule has 110 valence electrons. The first-order valence-corrected chi connectivity index (χ1v) is 6.68. The molecule has 2 N–H and O–H groups in total. The van der Waals surface area contributed by atoms with Crippen molar-refractivity contribution in [2.24, 2.45) is 5.92 Å².